The van der Waals surface area contributed by atoms with Gasteiger partial charge in [-0.2, -0.15) is 0 Å². The number of nitrogens with two attached hydrogens (primary N) is 1. The third-order valence-corrected chi connectivity index (χ3v) is 1.79. The van der Waals surface area contributed by atoms with E-state index in [1.54, 1.807) is 12.1 Å². The lowest BCUT2D eigenvalue weighted by atomic mass is 10.3. The number of nitrogens with one attached hydrogen (secondary N) is 2. The molecule has 5 N–H and O–H groups in total. The van der Waals surface area contributed by atoms with Crippen molar-refractivity contribution in [3.05, 3.63) is 24.3 Å². The summed E-state index contributed by atoms with van der Waals surface area (Å²) < 4.78 is 0. The van der Waals surface area contributed by atoms with E-state index in [0.717, 1.165) is 6.42 Å². The average Bonchev–Trinajstić information content (AvgIpc) is 2.22. The van der Waals surface area contributed by atoms with E-state index in [1.165, 1.54) is 12.1 Å². The topological polar surface area (TPSA) is 87.4 Å². The van der Waals surface area contributed by atoms with Crippen LogP contribution in [0.5, 0.6) is 5.75 Å². The summed E-state index contributed by atoms with van der Waals surface area (Å²) in [6, 6.07) is 6.00. The molecule has 15 heavy (non-hydrogen) atoms. The van der Waals surface area contributed by atoms with Crippen LogP contribution < -0.4 is 16.4 Å². The van der Waals surface area contributed by atoms with Crippen molar-refractivity contribution in [2.75, 3.05) is 18.4 Å². The first-order valence-corrected chi connectivity index (χ1v) is 4.76. The minimum atomic E-state index is -0.269. The van der Waals surface area contributed by atoms with Gasteiger partial charge in [-0.15, -0.1) is 0 Å². The zero-order valence-electron chi connectivity index (χ0n) is 8.36. The van der Waals surface area contributed by atoms with E-state index in [1.807, 2.05) is 0 Å². The molecule has 0 atom stereocenters. The van der Waals surface area contributed by atoms with Gasteiger partial charge in [0.25, 0.3) is 0 Å². The Kier molecular flexibility index (Phi) is 4.43. The number of phenolic OH excluding ortho intramolecular Hbond substituents is 1. The van der Waals surface area contributed by atoms with Gasteiger partial charge >= 0.3 is 6.03 Å². The average molecular weight is 209 g/mol. The third kappa shape index (κ3) is 4.33. The smallest absolute Gasteiger partial charge is 0.319 e. The second-order valence-corrected chi connectivity index (χ2v) is 3.07. The highest BCUT2D eigenvalue weighted by molar-refractivity contribution is 5.89. The Balaban J connectivity index is 2.34. The number of carbonyl (C=O) groups is 1. The van der Waals surface area contributed by atoms with Crippen LogP contribution in [0.15, 0.2) is 24.3 Å². The highest BCUT2D eigenvalue weighted by atomic mass is 16.3. The van der Waals surface area contributed by atoms with Crippen LogP contribution in [0.1, 0.15) is 6.42 Å². The number of amides is 2. The lowest BCUT2D eigenvalue weighted by Crippen LogP contribution is -2.30. The molecule has 2 amide bonds. The molecule has 0 unspecified atom stereocenters. The molecule has 0 aromatic heterocycles. The van der Waals surface area contributed by atoms with Crippen LogP contribution in [0.25, 0.3) is 0 Å². The number of benzene rings is 1. The van der Waals surface area contributed by atoms with Gasteiger partial charge in [-0.05, 0) is 37.2 Å². The maximum Gasteiger partial charge on any atom is 0.319 e. The second-order valence-electron chi connectivity index (χ2n) is 3.07. The third-order valence-electron chi connectivity index (χ3n) is 1.79. The highest BCUT2D eigenvalue weighted by Crippen LogP contribution is 2.13. The van der Waals surface area contributed by atoms with Crippen LogP contribution in [0.4, 0.5) is 10.5 Å². The first kappa shape index (κ1) is 11.3. The number of hydrogen-bond donors (Lipinski definition) is 4. The number of urea groups is 1. The summed E-state index contributed by atoms with van der Waals surface area (Å²) in [6.45, 7) is 1.11. The molecule has 0 bridgehead atoms. The SMILES string of the molecule is NCCCNC(=O)Nc1ccc(O)cc1. The Morgan fingerprint density at radius 3 is 2.60 bits per heavy atom. The first-order chi connectivity index (χ1) is 7.22. The molecule has 1 aromatic carbocycles. The van der Waals surface area contributed by atoms with Gasteiger partial charge in [0.2, 0.25) is 0 Å². The normalized spacial score (nSPS) is 9.67. The van der Waals surface area contributed by atoms with Crippen LogP contribution in [-0.4, -0.2) is 24.2 Å². The number of anilines is 1. The number of carbonyl (C=O) groups excluding carboxylic acids is 1. The zero-order chi connectivity index (χ0) is 11.1. The van der Waals surface area contributed by atoms with E-state index in [0.29, 0.717) is 18.8 Å². The Morgan fingerprint density at radius 2 is 2.00 bits per heavy atom. The van der Waals surface area contributed by atoms with Crippen molar-refractivity contribution < 1.29 is 9.90 Å². The van der Waals surface area contributed by atoms with Gasteiger partial charge in [-0.1, -0.05) is 0 Å². The molecule has 0 aliphatic rings. The maximum atomic E-state index is 11.2. The minimum Gasteiger partial charge on any atom is -0.508 e. The number of hydrogen-bond acceptors (Lipinski definition) is 3. The summed E-state index contributed by atoms with van der Waals surface area (Å²) in [5, 5.41) is 14.3. The lowest BCUT2D eigenvalue weighted by molar-refractivity contribution is 0.252. The molecule has 5 heteroatoms. The molecule has 0 aliphatic carbocycles. The quantitative estimate of drug-likeness (QED) is 0.438. The Labute approximate surface area is 88.3 Å². The molecule has 0 heterocycles. The fraction of sp³-hybridized carbons (Fsp3) is 0.300. The largest absolute Gasteiger partial charge is 0.508 e. The van der Waals surface area contributed by atoms with Crippen molar-refractivity contribution in [1.29, 1.82) is 0 Å². The van der Waals surface area contributed by atoms with E-state index in [4.69, 9.17) is 10.8 Å². The van der Waals surface area contributed by atoms with Crippen molar-refractivity contribution in [3.8, 4) is 5.75 Å². The van der Waals surface area contributed by atoms with Gasteiger partial charge in [0, 0.05) is 12.2 Å². The molecule has 0 radical (unpaired) electrons. The van der Waals surface area contributed by atoms with Crippen molar-refractivity contribution in [1.82, 2.24) is 5.32 Å². The number of rotatable bonds is 4. The zero-order valence-corrected chi connectivity index (χ0v) is 8.36. The van der Waals surface area contributed by atoms with Crippen LogP contribution in [-0.2, 0) is 0 Å². The summed E-state index contributed by atoms with van der Waals surface area (Å²) in [5.74, 6) is 0.170. The molecular weight excluding hydrogens is 194 g/mol. The summed E-state index contributed by atoms with van der Waals surface area (Å²) in [6.07, 6.45) is 0.753. The van der Waals surface area contributed by atoms with Gasteiger partial charge < -0.3 is 21.5 Å². The monoisotopic (exact) mass is 209 g/mol. The van der Waals surface area contributed by atoms with E-state index in [-0.39, 0.29) is 11.8 Å². The minimum absolute atomic E-state index is 0.170. The first-order valence-electron chi connectivity index (χ1n) is 4.76. The molecular formula is C10H15N3O2. The second kappa shape index (κ2) is 5.87. The standard InChI is InChI=1S/C10H15N3O2/c11-6-1-7-12-10(15)13-8-2-4-9(14)5-3-8/h2-5,14H,1,6-7,11H2,(H2,12,13,15). The Hall–Kier alpha value is -1.75. The molecule has 0 spiro atoms. The Bertz CT molecular complexity index is 311. The van der Waals surface area contributed by atoms with E-state index in [9.17, 15) is 4.79 Å². The fourth-order valence-corrected chi connectivity index (χ4v) is 1.02. The van der Waals surface area contributed by atoms with Crippen molar-refractivity contribution in [2.45, 2.75) is 6.42 Å². The summed E-state index contributed by atoms with van der Waals surface area (Å²) in [5.41, 5.74) is 5.92. The van der Waals surface area contributed by atoms with Crippen molar-refractivity contribution in [3.63, 3.8) is 0 Å². The number of aromatic hydroxyl groups is 1. The predicted molar refractivity (Wildman–Crippen MR) is 58.8 cm³/mol. The summed E-state index contributed by atoms with van der Waals surface area (Å²) >= 11 is 0. The van der Waals surface area contributed by atoms with Gasteiger partial charge in [0.15, 0.2) is 0 Å². The van der Waals surface area contributed by atoms with Gasteiger partial charge in [-0.25, -0.2) is 4.79 Å². The van der Waals surface area contributed by atoms with Crippen molar-refractivity contribution >= 4 is 11.7 Å². The molecule has 1 aromatic rings. The maximum absolute atomic E-state index is 11.2. The van der Waals surface area contributed by atoms with Crippen LogP contribution in [0, 0.1) is 0 Å². The van der Waals surface area contributed by atoms with Gasteiger partial charge in [0.1, 0.15) is 5.75 Å². The summed E-state index contributed by atoms with van der Waals surface area (Å²) in [7, 11) is 0. The molecule has 0 aliphatic heterocycles. The van der Waals surface area contributed by atoms with Crippen molar-refractivity contribution in [2.24, 2.45) is 5.73 Å². The predicted octanol–water partition coefficient (Wildman–Crippen LogP) is 0.862. The Morgan fingerprint density at radius 1 is 1.33 bits per heavy atom. The van der Waals surface area contributed by atoms with Crippen LogP contribution >= 0.6 is 0 Å². The highest BCUT2D eigenvalue weighted by Gasteiger charge is 1.99. The van der Waals surface area contributed by atoms with E-state index in [2.05, 4.69) is 10.6 Å². The summed E-state index contributed by atoms with van der Waals surface area (Å²) in [4.78, 5) is 11.2. The molecule has 0 saturated carbocycles. The van der Waals surface area contributed by atoms with Gasteiger partial charge in [-0.3, -0.25) is 0 Å². The molecule has 5 nitrogen and oxygen atoms in total. The van der Waals surface area contributed by atoms with Crippen LogP contribution in [0.3, 0.4) is 0 Å². The molecule has 82 valence electrons. The van der Waals surface area contributed by atoms with Crippen LogP contribution in [0.2, 0.25) is 0 Å². The van der Waals surface area contributed by atoms with E-state index >= 15 is 0 Å². The van der Waals surface area contributed by atoms with Gasteiger partial charge in [0.05, 0.1) is 0 Å². The lowest BCUT2D eigenvalue weighted by Gasteiger charge is -2.06. The fourth-order valence-electron chi connectivity index (χ4n) is 1.02. The molecule has 0 saturated heterocycles. The molecule has 1 rings (SSSR count). The van der Waals surface area contributed by atoms with E-state index < -0.39 is 0 Å². The number of phenols is 1. The molecule has 0 fully saturated rings.